The maximum Gasteiger partial charge on any atom is 0.274 e. The van der Waals surface area contributed by atoms with Crippen LogP contribution in [-0.4, -0.2) is 38.7 Å². The van der Waals surface area contributed by atoms with Crippen molar-refractivity contribution < 1.29 is 18.4 Å². The van der Waals surface area contributed by atoms with Crippen molar-refractivity contribution in [2.75, 3.05) is 10.3 Å². The van der Waals surface area contributed by atoms with Gasteiger partial charge in [-0.1, -0.05) is 0 Å². The molecule has 0 unspecified atom stereocenters. The van der Waals surface area contributed by atoms with Crippen LogP contribution in [-0.2, 0) is 9.59 Å². The smallest absolute Gasteiger partial charge is 0.274 e. The van der Waals surface area contributed by atoms with E-state index in [1.165, 1.54) is 53.5 Å². The number of rotatable bonds is 5. The van der Waals surface area contributed by atoms with Crippen LogP contribution in [0.1, 0.15) is 6.42 Å². The second kappa shape index (κ2) is 7.70. The maximum atomic E-state index is 13.2. The number of aromatic amines is 1. The normalized spacial score (nSPS) is 15.7. The zero-order valence-corrected chi connectivity index (χ0v) is 15.3. The standard InChI is InChI=1S/C19H15F2N7O2/c20-11-3-1-10(2-4-11)17-23-19(26-25-17)24-18(30)14-9-15(16(22)29)28(27-14)13-7-5-12(21)6-8-13/h1-8,15H,9H2,(H2,22,29)(H2,23,24,25,26,30)/t15-/m0/s1. The predicted molar refractivity (Wildman–Crippen MR) is 104 cm³/mol. The van der Waals surface area contributed by atoms with Crippen molar-refractivity contribution in [3.63, 3.8) is 0 Å². The lowest BCUT2D eigenvalue weighted by molar-refractivity contribution is -0.119. The fraction of sp³-hybridized carbons (Fsp3) is 0.105. The van der Waals surface area contributed by atoms with Crippen LogP contribution in [0.2, 0.25) is 0 Å². The minimum absolute atomic E-state index is 0.0158. The summed E-state index contributed by atoms with van der Waals surface area (Å²) in [5.74, 6) is -1.81. The molecule has 1 aromatic heterocycles. The second-order valence-corrected chi connectivity index (χ2v) is 6.46. The molecule has 4 rings (SSSR count). The first-order valence-electron chi connectivity index (χ1n) is 8.82. The fourth-order valence-corrected chi connectivity index (χ4v) is 2.93. The van der Waals surface area contributed by atoms with Crippen LogP contribution in [0.4, 0.5) is 20.4 Å². The average Bonchev–Trinajstić information content (AvgIpc) is 3.37. The molecule has 0 fully saturated rings. The Hall–Kier alpha value is -4.15. The summed E-state index contributed by atoms with van der Waals surface area (Å²) >= 11 is 0. The number of nitrogens with one attached hydrogen (secondary N) is 2. The minimum Gasteiger partial charge on any atom is -0.368 e. The van der Waals surface area contributed by atoms with Gasteiger partial charge in [0.1, 0.15) is 23.4 Å². The number of benzene rings is 2. The number of carbonyl (C=O) groups is 2. The van der Waals surface area contributed by atoms with Gasteiger partial charge in [0.2, 0.25) is 11.9 Å². The summed E-state index contributed by atoms with van der Waals surface area (Å²) in [5, 5.41) is 14.5. The van der Waals surface area contributed by atoms with Crippen LogP contribution < -0.4 is 16.1 Å². The van der Waals surface area contributed by atoms with Crippen molar-refractivity contribution >= 4 is 29.2 Å². The van der Waals surface area contributed by atoms with Crippen molar-refractivity contribution in [3.8, 4) is 11.4 Å². The molecule has 0 saturated carbocycles. The van der Waals surface area contributed by atoms with Crippen LogP contribution in [0.25, 0.3) is 11.4 Å². The van der Waals surface area contributed by atoms with Gasteiger partial charge in [-0.15, -0.1) is 5.10 Å². The molecule has 2 aromatic carbocycles. The number of hydrogen-bond donors (Lipinski definition) is 3. The van der Waals surface area contributed by atoms with E-state index in [1.54, 1.807) is 0 Å². The lowest BCUT2D eigenvalue weighted by Gasteiger charge is -2.20. The molecule has 11 heteroatoms. The first kappa shape index (κ1) is 19.2. The maximum absolute atomic E-state index is 13.2. The monoisotopic (exact) mass is 411 g/mol. The van der Waals surface area contributed by atoms with E-state index in [0.717, 1.165) is 0 Å². The molecule has 0 bridgehead atoms. The number of hydrazone groups is 1. The molecule has 1 aliphatic heterocycles. The lowest BCUT2D eigenvalue weighted by Crippen LogP contribution is -2.39. The third-order valence-electron chi connectivity index (χ3n) is 4.42. The van der Waals surface area contributed by atoms with E-state index >= 15 is 0 Å². The minimum atomic E-state index is -0.891. The van der Waals surface area contributed by atoms with Gasteiger partial charge in [-0.3, -0.25) is 25.0 Å². The van der Waals surface area contributed by atoms with E-state index in [-0.39, 0.29) is 23.9 Å². The molecule has 1 atom stereocenters. The topological polar surface area (TPSA) is 129 Å². The van der Waals surface area contributed by atoms with Crippen LogP contribution in [0.3, 0.4) is 0 Å². The van der Waals surface area contributed by atoms with Crippen molar-refractivity contribution in [2.45, 2.75) is 12.5 Å². The third-order valence-corrected chi connectivity index (χ3v) is 4.42. The first-order valence-corrected chi connectivity index (χ1v) is 8.82. The van der Waals surface area contributed by atoms with Crippen molar-refractivity contribution in [1.82, 2.24) is 15.2 Å². The van der Waals surface area contributed by atoms with Gasteiger partial charge in [-0.05, 0) is 48.5 Å². The highest BCUT2D eigenvalue weighted by Crippen LogP contribution is 2.25. The van der Waals surface area contributed by atoms with Crippen molar-refractivity contribution in [3.05, 3.63) is 60.2 Å². The van der Waals surface area contributed by atoms with Gasteiger partial charge in [0.25, 0.3) is 5.91 Å². The number of halogens is 2. The lowest BCUT2D eigenvalue weighted by atomic mass is 10.1. The molecule has 9 nitrogen and oxygen atoms in total. The van der Waals surface area contributed by atoms with Gasteiger partial charge in [0.05, 0.1) is 5.69 Å². The molecule has 0 spiro atoms. The van der Waals surface area contributed by atoms with Crippen LogP contribution in [0, 0.1) is 11.6 Å². The highest BCUT2D eigenvalue weighted by atomic mass is 19.1. The molecule has 1 aliphatic rings. The molecule has 0 aliphatic carbocycles. The van der Waals surface area contributed by atoms with Crippen molar-refractivity contribution in [2.24, 2.45) is 10.8 Å². The number of hydrogen-bond acceptors (Lipinski definition) is 6. The van der Waals surface area contributed by atoms with Gasteiger partial charge >= 0.3 is 0 Å². The van der Waals surface area contributed by atoms with Crippen molar-refractivity contribution in [1.29, 1.82) is 0 Å². The van der Waals surface area contributed by atoms with Crippen LogP contribution in [0.15, 0.2) is 53.6 Å². The molecule has 0 saturated heterocycles. The number of amides is 2. The summed E-state index contributed by atoms with van der Waals surface area (Å²) in [6.07, 6.45) is -0.0339. The Kier molecular flexibility index (Phi) is 4.92. The molecule has 3 aromatic rings. The molecule has 30 heavy (non-hydrogen) atoms. The Balaban J connectivity index is 1.51. The van der Waals surface area contributed by atoms with Crippen LogP contribution >= 0.6 is 0 Å². The summed E-state index contributed by atoms with van der Waals surface area (Å²) in [7, 11) is 0. The number of nitrogens with two attached hydrogens (primary N) is 1. The van der Waals surface area contributed by atoms with Gasteiger partial charge in [-0.2, -0.15) is 10.1 Å². The third kappa shape index (κ3) is 3.85. The Morgan fingerprint density at radius 2 is 1.70 bits per heavy atom. The number of nitrogens with zero attached hydrogens (tertiary/aromatic N) is 4. The Bertz CT molecular complexity index is 1130. The molecular weight excluding hydrogens is 396 g/mol. The number of carbonyl (C=O) groups excluding carboxylic acids is 2. The van der Waals surface area contributed by atoms with Crippen LogP contribution in [0.5, 0.6) is 0 Å². The Labute approximate surface area is 168 Å². The average molecular weight is 411 g/mol. The molecule has 4 N–H and O–H groups in total. The molecule has 2 heterocycles. The molecule has 0 radical (unpaired) electrons. The van der Waals surface area contributed by atoms with E-state index in [4.69, 9.17) is 5.73 Å². The number of H-pyrrole nitrogens is 1. The van der Waals surface area contributed by atoms with Gasteiger partial charge < -0.3 is 5.73 Å². The highest BCUT2D eigenvalue weighted by Gasteiger charge is 2.35. The van der Waals surface area contributed by atoms with E-state index in [0.29, 0.717) is 17.1 Å². The second-order valence-electron chi connectivity index (χ2n) is 6.46. The van der Waals surface area contributed by atoms with E-state index in [9.17, 15) is 18.4 Å². The summed E-state index contributed by atoms with van der Waals surface area (Å²) < 4.78 is 26.2. The Morgan fingerprint density at radius 3 is 2.33 bits per heavy atom. The Morgan fingerprint density at radius 1 is 1.07 bits per heavy atom. The number of anilines is 2. The number of primary amides is 1. The highest BCUT2D eigenvalue weighted by molar-refractivity contribution is 6.44. The van der Waals surface area contributed by atoms with Gasteiger partial charge in [0, 0.05) is 12.0 Å². The van der Waals surface area contributed by atoms with E-state index < -0.39 is 23.7 Å². The van der Waals surface area contributed by atoms with E-state index in [2.05, 4.69) is 25.6 Å². The molecular formula is C19H15F2N7O2. The summed E-state index contributed by atoms with van der Waals surface area (Å²) in [4.78, 5) is 28.5. The quantitative estimate of drug-likeness (QED) is 0.590. The fourth-order valence-electron chi connectivity index (χ4n) is 2.93. The molecule has 2 amide bonds. The summed E-state index contributed by atoms with van der Waals surface area (Å²) in [6, 6.07) is 9.98. The predicted octanol–water partition coefficient (Wildman–Crippen LogP) is 1.81. The van der Waals surface area contributed by atoms with Gasteiger partial charge in [-0.25, -0.2) is 8.78 Å². The van der Waals surface area contributed by atoms with E-state index in [1.807, 2.05) is 0 Å². The molecule has 152 valence electrons. The zero-order valence-electron chi connectivity index (χ0n) is 15.3. The largest absolute Gasteiger partial charge is 0.368 e. The summed E-state index contributed by atoms with van der Waals surface area (Å²) in [6.45, 7) is 0. The number of aromatic nitrogens is 3. The zero-order chi connectivity index (χ0) is 21.3. The SMILES string of the molecule is NC(=O)[C@@H]1CC(C(=O)Nc2n[nH]c(-c3ccc(F)cc3)n2)=NN1c1ccc(F)cc1. The van der Waals surface area contributed by atoms with Gasteiger partial charge in [0.15, 0.2) is 5.82 Å². The summed E-state index contributed by atoms with van der Waals surface area (Å²) in [5.41, 5.74) is 6.47. The first-order chi connectivity index (χ1) is 14.4.